The van der Waals surface area contributed by atoms with Crippen molar-refractivity contribution in [3.63, 3.8) is 0 Å². The fourth-order valence-electron chi connectivity index (χ4n) is 5.42. The fraction of sp³-hybridized carbons (Fsp3) is 0.722. The molecule has 0 spiro atoms. The van der Waals surface area contributed by atoms with E-state index in [0.717, 1.165) is 24.2 Å². The minimum atomic E-state index is -0.961. The summed E-state index contributed by atoms with van der Waals surface area (Å²) in [4.78, 5) is 58.7. The van der Waals surface area contributed by atoms with Crippen LogP contribution in [0.15, 0.2) is 24.3 Å². The number of nitrogens with zero attached hydrogens (tertiary/aromatic N) is 4. The van der Waals surface area contributed by atoms with Gasteiger partial charge in [0.25, 0.3) is 0 Å². The molecule has 13 heteroatoms. The molecule has 49 heavy (non-hydrogen) atoms. The zero-order valence-electron chi connectivity index (χ0n) is 31.0. The van der Waals surface area contributed by atoms with Crippen LogP contribution in [-0.2, 0) is 39.8 Å². The van der Waals surface area contributed by atoms with Crippen LogP contribution in [-0.4, -0.2) is 152 Å². The van der Waals surface area contributed by atoms with E-state index in [1.807, 2.05) is 80.5 Å². The van der Waals surface area contributed by atoms with Crippen molar-refractivity contribution in [1.82, 2.24) is 19.6 Å². The molecule has 1 aliphatic heterocycles. The minimum absolute atomic E-state index is 0.0131. The van der Waals surface area contributed by atoms with Crippen LogP contribution >= 0.6 is 0 Å². The molecule has 1 aromatic rings. The van der Waals surface area contributed by atoms with Crippen LogP contribution in [0, 0.1) is 0 Å². The third kappa shape index (κ3) is 17.8. The van der Waals surface area contributed by atoms with Crippen LogP contribution in [0.25, 0.3) is 0 Å². The molecule has 0 saturated carbocycles. The van der Waals surface area contributed by atoms with Crippen LogP contribution in [0.3, 0.4) is 0 Å². The Morgan fingerprint density at radius 2 is 1.18 bits per heavy atom. The Morgan fingerprint density at radius 1 is 0.735 bits per heavy atom. The molecule has 0 radical (unpaired) electrons. The maximum Gasteiger partial charge on any atom is 0.323 e. The molecular formula is C36H60N4O9. The molecule has 1 aliphatic rings. The van der Waals surface area contributed by atoms with Crippen molar-refractivity contribution in [2.75, 3.05) is 85.7 Å². The van der Waals surface area contributed by atoms with E-state index in [-0.39, 0.29) is 37.5 Å². The first-order valence-electron chi connectivity index (χ1n) is 17.3. The summed E-state index contributed by atoms with van der Waals surface area (Å²) < 4.78 is 22.3. The van der Waals surface area contributed by atoms with Crippen LogP contribution in [0.5, 0.6) is 5.75 Å². The Hall–Kier alpha value is -3.26. The third-order valence-electron chi connectivity index (χ3n) is 7.81. The highest BCUT2D eigenvalue weighted by Crippen LogP contribution is 2.18. The highest BCUT2D eigenvalue weighted by atomic mass is 16.6. The number of methoxy groups -OCH3 is 1. The average molecular weight is 693 g/mol. The summed E-state index contributed by atoms with van der Waals surface area (Å²) in [7, 11) is 1.37. The summed E-state index contributed by atoms with van der Waals surface area (Å²) in [5, 5.41) is 9.61. The van der Waals surface area contributed by atoms with E-state index in [0.29, 0.717) is 65.4 Å². The van der Waals surface area contributed by atoms with Crippen LogP contribution in [0.2, 0.25) is 0 Å². The third-order valence-corrected chi connectivity index (χ3v) is 7.81. The first-order valence-corrected chi connectivity index (χ1v) is 17.3. The van der Waals surface area contributed by atoms with Crippen molar-refractivity contribution in [2.24, 2.45) is 0 Å². The monoisotopic (exact) mass is 692 g/mol. The summed E-state index contributed by atoms with van der Waals surface area (Å²) >= 11 is 0. The lowest BCUT2D eigenvalue weighted by molar-refractivity contribution is -0.157. The lowest BCUT2D eigenvalue weighted by Gasteiger charge is -2.36. The van der Waals surface area contributed by atoms with E-state index in [1.54, 1.807) is 4.90 Å². The van der Waals surface area contributed by atoms with Crippen LogP contribution in [0.4, 0.5) is 0 Å². The number of hydrogen-bond donors (Lipinski definition) is 1. The standard InChI is InChI=1S/C36H60N4O9/c1-9-10-23-47-29-13-11-28(12-14-29)24-30(34(45)46-8)40-21-19-38(26-32(43)48-35(2,3)4)17-15-37(25-31(41)42)16-18-39(20-22-40)27-33(44)49-36(5,6)7/h11-14,30H,9-10,15-27H2,1-8H3,(H,41,42). The number of carboxylic acid groups (broad SMARTS) is 1. The lowest BCUT2D eigenvalue weighted by Crippen LogP contribution is -2.52. The van der Waals surface area contributed by atoms with Gasteiger partial charge in [0.1, 0.15) is 23.0 Å². The second kappa shape index (κ2) is 20.4. The zero-order chi connectivity index (χ0) is 36.6. The van der Waals surface area contributed by atoms with E-state index in [4.69, 9.17) is 18.9 Å². The molecule has 13 nitrogen and oxygen atoms in total. The van der Waals surface area contributed by atoms with Gasteiger partial charge in [-0.2, -0.15) is 0 Å². The van der Waals surface area contributed by atoms with Crippen molar-refractivity contribution >= 4 is 23.9 Å². The van der Waals surface area contributed by atoms with E-state index in [2.05, 4.69) is 6.92 Å². The molecule has 1 aromatic carbocycles. The minimum Gasteiger partial charge on any atom is -0.494 e. The predicted molar refractivity (Wildman–Crippen MR) is 187 cm³/mol. The number of rotatable bonds is 14. The molecule has 2 rings (SSSR count). The van der Waals surface area contributed by atoms with Crippen molar-refractivity contribution in [1.29, 1.82) is 0 Å². The van der Waals surface area contributed by atoms with Gasteiger partial charge in [-0.05, 0) is 72.1 Å². The van der Waals surface area contributed by atoms with Gasteiger partial charge < -0.3 is 24.1 Å². The SMILES string of the molecule is CCCCOc1ccc(CC(C(=O)OC)N2CCN(CC(=O)OC(C)(C)C)CCN(CC(=O)O)CCN(CC(=O)OC(C)(C)C)CC2)cc1. The van der Waals surface area contributed by atoms with Crippen molar-refractivity contribution < 1.29 is 43.2 Å². The highest BCUT2D eigenvalue weighted by Gasteiger charge is 2.30. The smallest absolute Gasteiger partial charge is 0.323 e. The van der Waals surface area contributed by atoms with Gasteiger partial charge in [-0.15, -0.1) is 0 Å². The van der Waals surface area contributed by atoms with Crippen LogP contribution in [0.1, 0.15) is 66.9 Å². The topological polar surface area (TPSA) is 138 Å². The molecular weight excluding hydrogens is 632 g/mol. The normalized spacial score (nSPS) is 17.3. The Kier molecular flexibility index (Phi) is 17.5. The lowest BCUT2D eigenvalue weighted by atomic mass is 10.0. The highest BCUT2D eigenvalue weighted by molar-refractivity contribution is 5.76. The number of carbonyl (C=O) groups excluding carboxylic acids is 3. The maximum atomic E-state index is 13.4. The number of hydrogen-bond acceptors (Lipinski definition) is 12. The summed E-state index contributed by atoms with van der Waals surface area (Å²) in [5.41, 5.74) is -0.380. The molecule has 1 fully saturated rings. The second-order valence-electron chi connectivity index (χ2n) is 14.5. The molecule has 0 aromatic heterocycles. The van der Waals surface area contributed by atoms with E-state index in [9.17, 15) is 24.3 Å². The zero-order valence-corrected chi connectivity index (χ0v) is 31.0. The largest absolute Gasteiger partial charge is 0.494 e. The first kappa shape index (κ1) is 41.9. The summed E-state index contributed by atoms with van der Waals surface area (Å²) in [6.45, 7) is 16.6. The number of ether oxygens (including phenoxy) is 4. The number of esters is 3. The Labute approximate surface area is 292 Å². The molecule has 1 unspecified atom stereocenters. The molecule has 1 heterocycles. The van der Waals surface area contributed by atoms with E-state index in [1.165, 1.54) is 7.11 Å². The van der Waals surface area contributed by atoms with Gasteiger partial charge in [0.2, 0.25) is 0 Å². The van der Waals surface area contributed by atoms with Gasteiger partial charge in [0.15, 0.2) is 0 Å². The second-order valence-corrected chi connectivity index (χ2v) is 14.5. The number of benzene rings is 1. The number of aliphatic carboxylic acids is 1. The number of unbranched alkanes of at least 4 members (excludes halogenated alkanes) is 1. The van der Waals surface area contributed by atoms with Crippen molar-refractivity contribution in [3.8, 4) is 5.75 Å². The van der Waals surface area contributed by atoms with Crippen LogP contribution < -0.4 is 4.74 Å². The van der Waals surface area contributed by atoms with Gasteiger partial charge in [-0.25, -0.2) is 0 Å². The van der Waals surface area contributed by atoms with Gasteiger partial charge in [0, 0.05) is 52.4 Å². The average Bonchev–Trinajstić information content (AvgIpc) is 2.98. The fourth-order valence-corrected chi connectivity index (χ4v) is 5.42. The molecule has 0 amide bonds. The first-order chi connectivity index (χ1) is 23.0. The van der Waals surface area contributed by atoms with Crippen molar-refractivity contribution in [3.05, 3.63) is 29.8 Å². The number of carboxylic acids is 1. The molecule has 1 saturated heterocycles. The summed E-state index contributed by atoms with van der Waals surface area (Å²) in [6, 6.07) is 7.07. The Balaban J connectivity index is 2.40. The van der Waals surface area contributed by atoms with Gasteiger partial charge >= 0.3 is 23.9 Å². The number of carbonyl (C=O) groups is 4. The maximum absolute atomic E-state index is 13.4. The van der Waals surface area contributed by atoms with Gasteiger partial charge in [0.05, 0.1) is 33.4 Å². The van der Waals surface area contributed by atoms with Gasteiger partial charge in [-0.1, -0.05) is 25.5 Å². The predicted octanol–water partition coefficient (Wildman–Crippen LogP) is 2.94. The Bertz CT molecular complexity index is 1130. The quantitative estimate of drug-likeness (QED) is 0.174. The Morgan fingerprint density at radius 3 is 1.59 bits per heavy atom. The molecule has 0 bridgehead atoms. The molecule has 278 valence electrons. The molecule has 0 aliphatic carbocycles. The van der Waals surface area contributed by atoms with Crippen molar-refractivity contribution in [2.45, 2.75) is 85.0 Å². The van der Waals surface area contributed by atoms with Gasteiger partial charge in [-0.3, -0.25) is 38.8 Å². The van der Waals surface area contributed by atoms with E-state index >= 15 is 0 Å². The van der Waals surface area contributed by atoms with E-state index < -0.39 is 23.2 Å². The molecule has 1 N–H and O–H groups in total. The summed E-state index contributed by atoms with van der Waals surface area (Å²) in [6.07, 6.45) is 2.39. The summed E-state index contributed by atoms with van der Waals surface area (Å²) in [5.74, 6) is -1.35. The molecule has 1 atom stereocenters.